The van der Waals surface area contributed by atoms with E-state index in [4.69, 9.17) is 4.74 Å². The predicted octanol–water partition coefficient (Wildman–Crippen LogP) is 5.51. The molecule has 33 heavy (non-hydrogen) atoms. The van der Waals surface area contributed by atoms with E-state index in [1.807, 2.05) is 18.3 Å². The van der Waals surface area contributed by atoms with E-state index < -0.39 is 5.97 Å². The van der Waals surface area contributed by atoms with Gasteiger partial charge in [0.15, 0.2) is 0 Å². The molecule has 1 fully saturated rings. The zero-order valence-corrected chi connectivity index (χ0v) is 19.6. The zero-order valence-electron chi connectivity index (χ0n) is 19.6. The molecule has 0 amide bonds. The van der Waals surface area contributed by atoms with Gasteiger partial charge in [0, 0.05) is 41.7 Å². The molecule has 0 bridgehead atoms. The Morgan fingerprint density at radius 1 is 1.30 bits per heavy atom. The van der Waals surface area contributed by atoms with E-state index in [2.05, 4.69) is 35.9 Å². The van der Waals surface area contributed by atoms with Crippen molar-refractivity contribution in [2.75, 3.05) is 13.7 Å². The first kappa shape index (κ1) is 23.1. The van der Waals surface area contributed by atoms with Gasteiger partial charge in [0.2, 0.25) is 0 Å². The van der Waals surface area contributed by atoms with Crippen molar-refractivity contribution in [1.29, 1.82) is 0 Å². The molecule has 0 spiro atoms. The van der Waals surface area contributed by atoms with Gasteiger partial charge < -0.3 is 19.6 Å². The summed E-state index contributed by atoms with van der Waals surface area (Å²) in [6.07, 6.45) is 6.33. The number of H-pyrrole nitrogens is 1. The van der Waals surface area contributed by atoms with E-state index in [-0.39, 0.29) is 17.0 Å². The molecule has 4 rings (SSSR count). The molecule has 1 saturated heterocycles. The number of aromatic nitrogens is 1. The van der Waals surface area contributed by atoms with Crippen LogP contribution >= 0.6 is 0 Å². The molecule has 0 radical (unpaired) electrons. The van der Waals surface area contributed by atoms with Gasteiger partial charge in [-0.15, -0.1) is 0 Å². The number of rotatable bonds is 8. The number of aldehydes is 1. The fourth-order valence-corrected chi connectivity index (χ4v) is 5.36. The van der Waals surface area contributed by atoms with Crippen LogP contribution in [0.4, 0.5) is 0 Å². The van der Waals surface area contributed by atoms with Gasteiger partial charge in [0.25, 0.3) is 0 Å². The van der Waals surface area contributed by atoms with Gasteiger partial charge in [-0.2, -0.15) is 0 Å². The number of carbonyl (C=O) groups is 2. The minimum absolute atomic E-state index is 0.0326. The molecule has 0 saturated carbocycles. The molecule has 2 heterocycles. The Labute approximate surface area is 194 Å². The van der Waals surface area contributed by atoms with E-state index in [1.165, 1.54) is 0 Å². The van der Waals surface area contributed by atoms with Crippen LogP contribution < -0.4 is 4.74 Å². The first-order valence-electron chi connectivity index (χ1n) is 11.6. The maximum atomic E-state index is 11.5. The largest absolute Gasteiger partial charge is 0.496 e. The molecule has 1 aromatic heterocycles. The Bertz CT molecular complexity index is 1150. The van der Waals surface area contributed by atoms with Crippen molar-refractivity contribution in [2.24, 2.45) is 5.41 Å². The summed E-state index contributed by atoms with van der Waals surface area (Å²) in [6.45, 7) is 5.81. The molecule has 6 nitrogen and oxygen atoms in total. The van der Waals surface area contributed by atoms with Crippen LogP contribution in [0.3, 0.4) is 0 Å². The number of piperidine rings is 1. The number of likely N-dealkylation sites (tertiary alicyclic amines) is 1. The smallest absolute Gasteiger partial charge is 0.335 e. The van der Waals surface area contributed by atoms with Crippen LogP contribution in [0.2, 0.25) is 0 Å². The first-order valence-corrected chi connectivity index (χ1v) is 11.6. The third-order valence-electron chi connectivity index (χ3n) is 7.50. The second-order valence-corrected chi connectivity index (χ2v) is 9.23. The zero-order chi connectivity index (χ0) is 23.6. The Hall–Kier alpha value is -3.12. The number of carbonyl (C=O) groups excluding carboxylic acids is 1. The minimum atomic E-state index is -0.926. The second kappa shape index (κ2) is 9.40. The molecule has 6 heteroatoms. The van der Waals surface area contributed by atoms with E-state index in [0.29, 0.717) is 13.0 Å². The van der Waals surface area contributed by atoms with Crippen LogP contribution in [0.15, 0.2) is 42.6 Å². The highest BCUT2D eigenvalue weighted by molar-refractivity contribution is 5.88. The van der Waals surface area contributed by atoms with Crippen molar-refractivity contribution >= 4 is 23.2 Å². The molecule has 1 aliphatic rings. The Morgan fingerprint density at radius 3 is 2.70 bits per heavy atom. The summed E-state index contributed by atoms with van der Waals surface area (Å²) >= 11 is 0. The highest BCUT2D eigenvalue weighted by Gasteiger charge is 2.39. The van der Waals surface area contributed by atoms with Crippen LogP contribution in [-0.2, 0) is 11.3 Å². The lowest BCUT2D eigenvalue weighted by molar-refractivity contribution is -0.111. The number of aromatic carboxylic acids is 1. The van der Waals surface area contributed by atoms with E-state index in [1.54, 1.807) is 19.2 Å². The maximum absolute atomic E-state index is 11.5. The number of nitrogens with zero attached hydrogens (tertiary/aromatic N) is 1. The van der Waals surface area contributed by atoms with Crippen molar-refractivity contribution in [1.82, 2.24) is 9.88 Å². The van der Waals surface area contributed by atoms with Gasteiger partial charge in [-0.25, -0.2) is 4.79 Å². The molecule has 2 aromatic carbocycles. The van der Waals surface area contributed by atoms with E-state index >= 15 is 0 Å². The average Bonchev–Trinajstić information content (AvgIpc) is 3.32. The van der Waals surface area contributed by atoms with Crippen molar-refractivity contribution in [3.8, 4) is 5.75 Å². The second-order valence-electron chi connectivity index (χ2n) is 9.23. The van der Waals surface area contributed by atoms with Gasteiger partial charge in [0.05, 0.1) is 12.7 Å². The van der Waals surface area contributed by atoms with Crippen molar-refractivity contribution in [3.63, 3.8) is 0 Å². The van der Waals surface area contributed by atoms with Crippen LogP contribution in [-0.4, -0.2) is 40.9 Å². The number of methoxy groups -OCH3 is 1. The Morgan fingerprint density at radius 2 is 2.06 bits per heavy atom. The number of carboxylic acid groups (broad SMARTS) is 1. The number of hydrogen-bond donors (Lipinski definition) is 2. The average molecular weight is 449 g/mol. The lowest BCUT2D eigenvalue weighted by atomic mass is 9.70. The standard InChI is InChI=1S/C27H32N2O4/c1-4-27(11-14-30)10-13-29(23(16-27)19-5-7-20(8-6-19)26(31)32)17-22-21-9-12-28-25(21)18(2)15-24(22)33-3/h5-9,12,14-15,23,28H,4,10-11,13,16-17H2,1-3H3,(H,31,32)/t23-,27-/m0/s1. The predicted molar refractivity (Wildman–Crippen MR) is 129 cm³/mol. The maximum Gasteiger partial charge on any atom is 0.335 e. The molecule has 174 valence electrons. The normalized spacial score (nSPS) is 21.2. The molecule has 2 atom stereocenters. The molecule has 2 N–H and O–H groups in total. The lowest BCUT2D eigenvalue weighted by Gasteiger charge is -2.46. The number of nitrogens with one attached hydrogen (secondary N) is 1. The molecular weight excluding hydrogens is 416 g/mol. The number of fused-ring (bicyclic) bond motifs is 1. The van der Waals surface area contributed by atoms with Crippen LogP contribution in [0.5, 0.6) is 5.75 Å². The summed E-state index contributed by atoms with van der Waals surface area (Å²) in [7, 11) is 1.71. The molecule has 3 aromatic rings. The fourth-order valence-electron chi connectivity index (χ4n) is 5.36. The van der Waals surface area contributed by atoms with Gasteiger partial charge >= 0.3 is 5.97 Å². The van der Waals surface area contributed by atoms with Gasteiger partial charge in [-0.1, -0.05) is 19.1 Å². The monoisotopic (exact) mass is 448 g/mol. The topological polar surface area (TPSA) is 82.6 Å². The molecule has 0 unspecified atom stereocenters. The highest BCUT2D eigenvalue weighted by atomic mass is 16.5. The van der Waals surface area contributed by atoms with E-state index in [0.717, 1.165) is 65.4 Å². The van der Waals surface area contributed by atoms with Crippen LogP contribution in [0.25, 0.3) is 10.9 Å². The third-order valence-corrected chi connectivity index (χ3v) is 7.50. The van der Waals surface area contributed by atoms with Crippen LogP contribution in [0, 0.1) is 12.3 Å². The van der Waals surface area contributed by atoms with Crippen LogP contribution in [0.1, 0.15) is 65.7 Å². The minimum Gasteiger partial charge on any atom is -0.496 e. The SMILES string of the molecule is CC[C@@]1(CC=O)CCN(Cc2c(OC)cc(C)c3[nH]ccc23)[C@H](c2ccc(C(=O)O)cc2)C1. The number of aromatic amines is 1. The molecule has 0 aliphatic carbocycles. The lowest BCUT2D eigenvalue weighted by Crippen LogP contribution is -2.42. The summed E-state index contributed by atoms with van der Waals surface area (Å²) in [5.41, 5.74) is 4.74. The summed E-state index contributed by atoms with van der Waals surface area (Å²) in [5, 5.41) is 10.5. The van der Waals surface area contributed by atoms with Gasteiger partial charge in [0.1, 0.15) is 12.0 Å². The van der Waals surface area contributed by atoms with Crippen molar-refractivity contribution in [3.05, 3.63) is 64.8 Å². The number of hydrogen-bond acceptors (Lipinski definition) is 4. The summed E-state index contributed by atoms with van der Waals surface area (Å²) in [6, 6.07) is 11.5. The molecule has 1 aliphatic heterocycles. The summed E-state index contributed by atoms with van der Waals surface area (Å²) in [4.78, 5) is 28.7. The van der Waals surface area contributed by atoms with Crippen molar-refractivity contribution < 1.29 is 19.4 Å². The van der Waals surface area contributed by atoms with Crippen molar-refractivity contribution in [2.45, 2.75) is 52.1 Å². The summed E-state index contributed by atoms with van der Waals surface area (Å²) in [5.74, 6) is -0.0510. The number of ether oxygens (including phenoxy) is 1. The van der Waals surface area contributed by atoms with E-state index in [9.17, 15) is 14.7 Å². The first-order chi connectivity index (χ1) is 15.9. The third kappa shape index (κ3) is 4.40. The molecular formula is C27H32N2O4. The number of carboxylic acids is 1. The van der Waals surface area contributed by atoms with Gasteiger partial charge in [-0.05, 0) is 73.5 Å². The van der Waals surface area contributed by atoms with Gasteiger partial charge in [-0.3, -0.25) is 4.90 Å². The quantitative estimate of drug-likeness (QED) is 0.444. The summed E-state index contributed by atoms with van der Waals surface area (Å²) < 4.78 is 5.78. The highest BCUT2D eigenvalue weighted by Crippen LogP contribution is 2.47. The Kier molecular flexibility index (Phi) is 6.56. The fraction of sp³-hybridized carbons (Fsp3) is 0.407. The number of aryl methyl sites for hydroxylation is 1. The number of benzene rings is 2. The Balaban J connectivity index is 1.74.